The van der Waals surface area contributed by atoms with E-state index >= 15 is 0 Å². The zero-order valence-corrected chi connectivity index (χ0v) is 14.8. The number of hydrogen-bond donors (Lipinski definition) is 1. The Balaban J connectivity index is 1.69. The molecule has 4 aromatic rings. The van der Waals surface area contributed by atoms with Gasteiger partial charge < -0.3 is 14.3 Å². The van der Waals surface area contributed by atoms with Crippen LogP contribution in [0.4, 0.5) is 5.69 Å². The molecule has 2 heterocycles. The molecule has 0 saturated heterocycles. The Bertz CT molecular complexity index is 1070. The fraction of sp³-hybridized carbons (Fsp3) is 0.136. The summed E-state index contributed by atoms with van der Waals surface area (Å²) < 4.78 is 7.51. The second kappa shape index (κ2) is 6.56. The van der Waals surface area contributed by atoms with Crippen LogP contribution < -0.4 is 5.32 Å². The molecule has 26 heavy (non-hydrogen) atoms. The number of amides is 1. The maximum Gasteiger partial charge on any atom is 0.272 e. The summed E-state index contributed by atoms with van der Waals surface area (Å²) in [7, 11) is 0. The van der Waals surface area contributed by atoms with E-state index in [1.165, 1.54) is 5.56 Å². The van der Waals surface area contributed by atoms with Gasteiger partial charge in [-0.05, 0) is 37.1 Å². The summed E-state index contributed by atoms with van der Waals surface area (Å²) in [4.78, 5) is 12.9. The number of anilines is 1. The molecule has 2 aromatic heterocycles. The Morgan fingerprint density at radius 3 is 2.58 bits per heavy atom. The summed E-state index contributed by atoms with van der Waals surface area (Å²) in [5.74, 6) is -0.144. The fourth-order valence-electron chi connectivity index (χ4n) is 3.13. The lowest BCUT2D eigenvalue weighted by molar-refractivity contribution is 0.101. The lowest BCUT2D eigenvalue weighted by Gasteiger charge is -2.11. The molecule has 0 saturated carbocycles. The SMILES string of the molecule is Cc1ccc(Cn2c(C(=O)Nc3cccc(C)c3)cc3occc32)cc1. The molecule has 4 heteroatoms. The number of rotatable bonds is 4. The van der Waals surface area contributed by atoms with Gasteiger partial charge in [0.2, 0.25) is 0 Å². The standard InChI is InChI=1S/C22H20N2O2/c1-15-6-8-17(9-7-15)14-24-19-10-11-26-21(19)13-20(24)22(25)23-18-5-3-4-16(2)12-18/h3-13H,14H2,1-2H3,(H,23,25). The topological polar surface area (TPSA) is 47.2 Å². The number of carbonyl (C=O) groups is 1. The van der Waals surface area contributed by atoms with Crippen LogP contribution in [0.1, 0.15) is 27.2 Å². The summed E-state index contributed by atoms with van der Waals surface area (Å²) in [6, 6.07) is 19.8. The highest BCUT2D eigenvalue weighted by Gasteiger charge is 2.18. The number of fused-ring (bicyclic) bond motifs is 1. The van der Waals surface area contributed by atoms with Gasteiger partial charge in [0.15, 0.2) is 5.58 Å². The van der Waals surface area contributed by atoms with Gasteiger partial charge in [-0.25, -0.2) is 0 Å². The highest BCUT2D eigenvalue weighted by Crippen LogP contribution is 2.24. The third-order valence-corrected chi connectivity index (χ3v) is 4.49. The number of benzene rings is 2. The number of nitrogens with zero attached hydrogens (tertiary/aromatic N) is 1. The highest BCUT2D eigenvalue weighted by molar-refractivity contribution is 6.05. The summed E-state index contributed by atoms with van der Waals surface area (Å²) in [6.45, 7) is 4.68. The molecule has 0 bridgehead atoms. The Kier molecular flexibility index (Phi) is 4.09. The van der Waals surface area contributed by atoms with Crippen LogP contribution >= 0.6 is 0 Å². The Morgan fingerprint density at radius 1 is 1.00 bits per heavy atom. The van der Waals surface area contributed by atoms with E-state index in [4.69, 9.17) is 4.42 Å². The first kappa shape index (κ1) is 16.2. The molecule has 0 radical (unpaired) electrons. The largest absolute Gasteiger partial charge is 0.463 e. The van der Waals surface area contributed by atoms with Crippen molar-refractivity contribution in [1.82, 2.24) is 4.57 Å². The van der Waals surface area contributed by atoms with E-state index < -0.39 is 0 Å². The molecule has 0 atom stereocenters. The van der Waals surface area contributed by atoms with Crippen molar-refractivity contribution in [3.8, 4) is 0 Å². The van der Waals surface area contributed by atoms with Crippen molar-refractivity contribution in [2.45, 2.75) is 20.4 Å². The number of aryl methyl sites for hydroxylation is 2. The quantitative estimate of drug-likeness (QED) is 0.556. The molecule has 130 valence electrons. The van der Waals surface area contributed by atoms with Crippen molar-refractivity contribution >= 4 is 22.7 Å². The molecular weight excluding hydrogens is 324 g/mol. The Morgan fingerprint density at radius 2 is 1.81 bits per heavy atom. The fourth-order valence-corrected chi connectivity index (χ4v) is 3.13. The molecular formula is C22H20N2O2. The van der Waals surface area contributed by atoms with Crippen LogP contribution in [0.2, 0.25) is 0 Å². The first-order chi connectivity index (χ1) is 12.6. The summed E-state index contributed by atoms with van der Waals surface area (Å²) >= 11 is 0. The van der Waals surface area contributed by atoms with Crippen molar-refractivity contribution in [2.75, 3.05) is 5.32 Å². The van der Waals surface area contributed by atoms with Gasteiger partial charge in [-0.2, -0.15) is 0 Å². The molecule has 0 fully saturated rings. The van der Waals surface area contributed by atoms with E-state index in [2.05, 4.69) is 36.5 Å². The van der Waals surface area contributed by atoms with Crippen LogP contribution in [0.3, 0.4) is 0 Å². The smallest absolute Gasteiger partial charge is 0.272 e. The van der Waals surface area contributed by atoms with Crippen molar-refractivity contribution < 1.29 is 9.21 Å². The first-order valence-corrected chi connectivity index (χ1v) is 8.60. The van der Waals surface area contributed by atoms with Crippen molar-refractivity contribution in [2.24, 2.45) is 0 Å². The number of aromatic nitrogens is 1. The van der Waals surface area contributed by atoms with Gasteiger partial charge in [0.1, 0.15) is 5.69 Å². The minimum absolute atomic E-state index is 0.144. The normalized spacial score (nSPS) is 11.0. The van der Waals surface area contributed by atoms with E-state index in [9.17, 15) is 4.79 Å². The van der Waals surface area contributed by atoms with E-state index in [1.54, 1.807) is 12.3 Å². The van der Waals surface area contributed by atoms with Gasteiger partial charge in [-0.3, -0.25) is 4.79 Å². The highest BCUT2D eigenvalue weighted by atomic mass is 16.3. The molecule has 0 aliphatic rings. The summed E-state index contributed by atoms with van der Waals surface area (Å²) in [6.07, 6.45) is 1.65. The molecule has 0 spiro atoms. The predicted octanol–water partition coefficient (Wildman–Crippen LogP) is 5.15. The van der Waals surface area contributed by atoms with Gasteiger partial charge in [0.05, 0.1) is 11.8 Å². The molecule has 4 rings (SSSR count). The number of hydrogen-bond acceptors (Lipinski definition) is 2. The van der Waals surface area contributed by atoms with Gasteiger partial charge in [-0.1, -0.05) is 42.0 Å². The average Bonchev–Trinajstić information content (AvgIpc) is 3.19. The second-order valence-corrected chi connectivity index (χ2v) is 6.60. The zero-order chi connectivity index (χ0) is 18.1. The van der Waals surface area contributed by atoms with Crippen LogP contribution in [-0.2, 0) is 6.54 Å². The Hall–Kier alpha value is -3.27. The lowest BCUT2D eigenvalue weighted by atomic mass is 10.1. The summed E-state index contributed by atoms with van der Waals surface area (Å²) in [5, 5.41) is 2.98. The van der Waals surface area contributed by atoms with E-state index in [1.807, 2.05) is 41.8 Å². The summed E-state index contributed by atoms with van der Waals surface area (Å²) in [5.41, 5.74) is 6.46. The minimum atomic E-state index is -0.144. The van der Waals surface area contributed by atoms with Crippen LogP contribution in [-0.4, -0.2) is 10.5 Å². The van der Waals surface area contributed by atoms with Gasteiger partial charge in [-0.15, -0.1) is 0 Å². The first-order valence-electron chi connectivity index (χ1n) is 8.60. The van der Waals surface area contributed by atoms with E-state index in [-0.39, 0.29) is 5.91 Å². The van der Waals surface area contributed by atoms with Crippen LogP contribution in [0.25, 0.3) is 11.1 Å². The maximum absolute atomic E-state index is 12.9. The van der Waals surface area contributed by atoms with E-state index in [0.717, 1.165) is 22.3 Å². The third kappa shape index (κ3) is 3.14. The monoisotopic (exact) mass is 344 g/mol. The Labute approximate surface area is 152 Å². The van der Waals surface area contributed by atoms with E-state index in [0.29, 0.717) is 17.8 Å². The van der Waals surface area contributed by atoms with Crippen LogP contribution in [0.5, 0.6) is 0 Å². The van der Waals surface area contributed by atoms with Crippen LogP contribution in [0.15, 0.2) is 71.3 Å². The second-order valence-electron chi connectivity index (χ2n) is 6.60. The number of nitrogens with one attached hydrogen (secondary N) is 1. The molecule has 1 amide bonds. The molecule has 4 nitrogen and oxygen atoms in total. The zero-order valence-electron chi connectivity index (χ0n) is 14.8. The molecule has 0 aliphatic heterocycles. The minimum Gasteiger partial charge on any atom is -0.463 e. The number of furan rings is 1. The van der Waals surface area contributed by atoms with Gasteiger partial charge >= 0.3 is 0 Å². The predicted molar refractivity (Wildman–Crippen MR) is 104 cm³/mol. The molecule has 1 N–H and O–H groups in total. The molecule has 0 unspecified atom stereocenters. The van der Waals surface area contributed by atoms with Crippen LogP contribution in [0, 0.1) is 13.8 Å². The molecule has 0 aliphatic carbocycles. The lowest BCUT2D eigenvalue weighted by Crippen LogP contribution is -2.17. The number of carbonyl (C=O) groups excluding carboxylic acids is 1. The van der Waals surface area contributed by atoms with Crippen molar-refractivity contribution in [1.29, 1.82) is 0 Å². The van der Waals surface area contributed by atoms with Crippen molar-refractivity contribution in [3.63, 3.8) is 0 Å². The molecule has 2 aromatic carbocycles. The average molecular weight is 344 g/mol. The van der Waals surface area contributed by atoms with Crippen molar-refractivity contribution in [3.05, 3.63) is 89.3 Å². The van der Waals surface area contributed by atoms with Gasteiger partial charge in [0.25, 0.3) is 5.91 Å². The third-order valence-electron chi connectivity index (χ3n) is 4.49. The maximum atomic E-state index is 12.9. The van der Waals surface area contributed by atoms with Gasteiger partial charge in [0, 0.05) is 24.4 Å².